The van der Waals surface area contributed by atoms with E-state index >= 15 is 0 Å². The van der Waals surface area contributed by atoms with Crippen molar-refractivity contribution in [2.75, 3.05) is 49.7 Å². The van der Waals surface area contributed by atoms with Crippen molar-refractivity contribution in [1.29, 1.82) is 0 Å². The van der Waals surface area contributed by atoms with E-state index in [2.05, 4.69) is 20.3 Å². The van der Waals surface area contributed by atoms with Crippen molar-refractivity contribution in [1.82, 2.24) is 19.5 Å². The SMILES string of the molecule is O=C(Nc1cc2c(cc1N1CCOCC1)C(=O)N(CC1CCCCO1)C2)c1cnn2cccnc12. The summed E-state index contributed by atoms with van der Waals surface area (Å²) in [7, 11) is 0. The minimum Gasteiger partial charge on any atom is -0.378 e. The molecule has 2 aromatic heterocycles. The number of hydrogen-bond donors (Lipinski definition) is 1. The molecule has 3 aliphatic heterocycles. The number of aromatic nitrogens is 3. The minimum atomic E-state index is -0.287. The fraction of sp³-hybridized carbons (Fsp3) is 0.440. The van der Waals surface area contributed by atoms with E-state index in [9.17, 15) is 9.59 Å². The van der Waals surface area contributed by atoms with Crippen LogP contribution in [0.25, 0.3) is 5.65 Å². The highest BCUT2D eigenvalue weighted by molar-refractivity contribution is 6.10. The molecule has 0 saturated carbocycles. The Hall–Kier alpha value is -3.50. The maximum Gasteiger partial charge on any atom is 0.261 e. The van der Waals surface area contributed by atoms with Crippen molar-refractivity contribution in [3.05, 3.63) is 53.5 Å². The molecule has 1 N–H and O–H groups in total. The number of rotatable bonds is 5. The van der Waals surface area contributed by atoms with Crippen molar-refractivity contribution < 1.29 is 19.1 Å². The van der Waals surface area contributed by atoms with Crippen LogP contribution in [0.15, 0.2) is 36.8 Å². The normalized spacial score (nSPS) is 20.3. The molecule has 5 heterocycles. The summed E-state index contributed by atoms with van der Waals surface area (Å²) in [6.45, 7) is 4.44. The zero-order chi connectivity index (χ0) is 23.8. The number of carbonyl (C=O) groups excluding carboxylic acids is 2. The molecular weight excluding hydrogens is 448 g/mol. The van der Waals surface area contributed by atoms with Gasteiger partial charge in [-0.05, 0) is 43.0 Å². The predicted molar refractivity (Wildman–Crippen MR) is 129 cm³/mol. The van der Waals surface area contributed by atoms with Gasteiger partial charge in [-0.2, -0.15) is 5.10 Å². The number of anilines is 2. The van der Waals surface area contributed by atoms with Gasteiger partial charge >= 0.3 is 0 Å². The Kier molecular flexibility index (Phi) is 5.83. The monoisotopic (exact) mass is 476 g/mol. The lowest BCUT2D eigenvalue weighted by Crippen LogP contribution is -2.37. The predicted octanol–water partition coefficient (Wildman–Crippen LogP) is 2.34. The molecule has 0 radical (unpaired) electrons. The summed E-state index contributed by atoms with van der Waals surface area (Å²) in [6.07, 6.45) is 8.20. The fourth-order valence-electron chi connectivity index (χ4n) is 5.10. The summed E-state index contributed by atoms with van der Waals surface area (Å²) in [5.74, 6) is -0.265. The fourth-order valence-corrected chi connectivity index (χ4v) is 5.10. The third kappa shape index (κ3) is 4.23. The quantitative estimate of drug-likeness (QED) is 0.603. The van der Waals surface area contributed by atoms with Crippen LogP contribution in [0.1, 0.15) is 45.5 Å². The van der Waals surface area contributed by atoms with Gasteiger partial charge in [0.25, 0.3) is 11.8 Å². The standard InChI is InChI=1S/C25H28N6O4/c32-24(20-14-27-31-6-3-5-26-23(20)31)28-21-12-17-15-30(16-18-4-1-2-9-35-18)25(33)19(17)13-22(21)29-7-10-34-11-8-29/h3,5-6,12-14,18H,1-2,4,7-11,15-16H2,(H,28,32). The average molecular weight is 477 g/mol. The Labute approximate surface area is 202 Å². The summed E-state index contributed by atoms with van der Waals surface area (Å²) >= 11 is 0. The van der Waals surface area contributed by atoms with Crippen LogP contribution >= 0.6 is 0 Å². The van der Waals surface area contributed by atoms with Crippen molar-refractivity contribution in [3.63, 3.8) is 0 Å². The minimum absolute atomic E-state index is 0.0217. The van der Waals surface area contributed by atoms with E-state index in [1.54, 1.807) is 23.0 Å². The van der Waals surface area contributed by atoms with Crippen LogP contribution in [0.2, 0.25) is 0 Å². The Bertz CT molecular complexity index is 1260. The van der Waals surface area contributed by atoms with E-state index in [4.69, 9.17) is 9.47 Å². The lowest BCUT2D eigenvalue weighted by atomic mass is 10.1. The molecule has 2 fully saturated rings. The topological polar surface area (TPSA) is 101 Å². The second-order valence-electron chi connectivity index (χ2n) is 9.20. The first-order valence-electron chi connectivity index (χ1n) is 12.2. The van der Waals surface area contributed by atoms with Crippen molar-refractivity contribution in [3.8, 4) is 0 Å². The van der Waals surface area contributed by atoms with E-state index in [-0.39, 0.29) is 17.9 Å². The smallest absolute Gasteiger partial charge is 0.261 e. The number of carbonyl (C=O) groups is 2. The van der Waals surface area contributed by atoms with Crippen molar-refractivity contribution in [2.24, 2.45) is 0 Å². The number of nitrogens with zero attached hydrogens (tertiary/aromatic N) is 5. The molecule has 3 aromatic rings. The molecule has 35 heavy (non-hydrogen) atoms. The Morgan fingerprint density at radius 1 is 1.17 bits per heavy atom. The Morgan fingerprint density at radius 3 is 2.89 bits per heavy atom. The summed E-state index contributed by atoms with van der Waals surface area (Å²) in [5, 5.41) is 7.30. The van der Waals surface area contributed by atoms with Gasteiger partial charge in [0.2, 0.25) is 0 Å². The lowest BCUT2D eigenvalue weighted by molar-refractivity contribution is -0.00351. The lowest BCUT2D eigenvalue weighted by Gasteiger charge is -2.31. The van der Waals surface area contributed by atoms with Gasteiger partial charge in [0, 0.05) is 50.7 Å². The molecule has 1 unspecified atom stereocenters. The highest BCUT2D eigenvalue weighted by Crippen LogP contribution is 2.35. The molecule has 182 valence electrons. The van der Waals surface area contributed by atoms with E-state index in [0.717, 1.165) is 37.1 Å². The number of hydrogen-bond acceptors (Lipinski definition) is 7. The molecule has 1 aromatic carbocycles. The van der Waals surface area contributed by atoms with E-state index in [1.165, 1.54) is 6.20 Å². The molecule has 0 spiro atoms. The summed E-state index contributed by atoms with van der Waals surface area (Å²) < 4.78 is 13.0. The van der Waals surface area contributed by atoms with Gasteiger partial charge in [0.05, 0.1) is 36.9 Å². The highest BCUT2D eigenvalue weighted by atomic mass is 16.5. The third-order valence-electron chi connectivity index (χ3n) is 6.92. The van der Waals surface area contributed by atoms with Gasteiger partial charge in [-0.3, -0.25) is 9.59 Å². The Balaban J connectivity index is 1.31. The molecule has 0 aliphatic carbocycles. The summed E-state index contributed by atoms with van der Waals surface area (Å²) in [6, 6.07) is 5.63. The molecule has 6 rings (SSSR count). The van der Waals surface area contributed by atoms with Gasteiger partial charge < -0.3 is 24.6 Å². The average Bonchev–Trinajstić information content (AvgIpc) is 3.46. The van der Waals surface area contributed by atoms with Gasteiger partial charge in [0.15, 0.2) is 5.65 Å². The van der Waals surface area contributed by atoms with Crippen molar-refractivity contribution in [2.45, 2.75) is 31.9 Å². The first kappa shape index (κ1) is 22.0. The van der Waals surface area contributed by atoms with Gasteiger partial charge in [-0.1, -0.05) is 0 Å². The number of benzene rings is 1. The first-order valence-corrected chi connectivity index (χ1v) is 12.2. The van der Waals surface area contributed by atoms with Crippen LogP contribution in [0.3, 0.4) is 0 Å². The van der Waals surface area contributed by atoms with Crippen molar-refractivity contribution >= 4 is 28.8 Å². The summed E-state index contributed by atoms with van der Waals surface area (Å²) in [5.41, 5.74) is 4.00. The van der Waals surface area contributed by atoms with Gasteiger partial charge in [-0.15, -0.1) is 0 Å². The van der Waals surface area contributed by atoms with Crippen LogP contribution in [-0.2, 0) is 16.0 Å². The van der Waals surface area contributed by atoms with Gasteiger partial charge in [-0.25, -0.2) is 9.50 Å². The molecule has 3 aliphatic rings. The number of nitrogens with one attached hydrogen (secondary N) is 1. The highest BCUT2D eigenvalue weighted by Gasteiger charge is 2.32. The number of fused-ring (bicyclic) bond motifs is 2. The zero-order valence-electron chi connectivity index (χ0n) is 19.5. The number of morpholine rings is 1. The maximum absolute atomic E-state index is 13.3. The number of amides is 2. The molecule has 10 heteroatoms. The molecule has 2 amide bonds. The zero-order valence-corrected chi connectivity index (χ0v) is 19.5. The van der Waals surface area contributed by atoms with Gasteiger partial charge in [0.1, 0.15) is 5.56 Å². The molecule has 10 nitrogen and oxygen atoms in total. The Morgan fingerprint density at radius 2 is 2.06 bits per heavy atom. The second-order valence-corrected chi connectivity index (χ2v) is 9.20. The van der Waals surface area contributed by atoms with E-state index in [0.29, 0.717) is 61.9 Å². The van der Waals surface area contributed by atoms with Crippen LogP contribution in [-0.4, -0.2) is 76.9 Å². The van der Waals surface area contributed by atoms with Crippen LogP contribution < -0.4 is 10.2 Å². The van der Waals surface area contributed by atoms with Crippen LogP contribution in [0.5, 0.6) is 0 Å². The maximum atomic E-state index is 13.3. The first-order chi connectivity index (χ1) is 17.2. The van der Waals surface area contributed by atoms with E-state index in [1.807, 2.05) is 17.0 Å². The third-order valence-corrected chi connectivity index (χ3v) is 6.92. The van der Waals surface area contributed by atoms with E-state index < -0.39 is 0 Å². The molecular formula is C25H28N6O4. The number of ether oxygens (including phenoxy) is 2. The van der Waals surface area contributed by atoms with Crippen LogP contribution in [0, 0.1) is 0 Å². The molecule has 1 atom stereocenters. The second kappa shape index (κ2) is 9.27. The largest absolute Gasteiger partial charge is 0.378 e. The summed E-state index contributed by atoms with van der Waals surface area (Å²) in [4.78, 5) is 34.9. The molecule has 0 bridgehead atoms. The molecule has 2 saturated heterocycles. The van der Waals surface area contributed by atoms with Crippen LogP contribution in [0.4, 0.5) is 11.4 Å².